The Morgan fingerprint density at radius 3 is 1.73 bits per heavy atom. The smallest absolute Gasteiger partial charge is 0.0493 e. The largest absolute Gasteiger partial charge is 0.0843 e. The van der Waals surface area contributed by atoms with Crippen molar-refractivity contribution in [2.45, 2.75) is 0 Å². The molecule has 0 bridgehead atoms. The minimum absolute atomic E-state index is 0.652. The van der Waals surface area contributed by atoms with E-state index in [9.17, 15) is 0 Å². The van der Waals surface area contributed by atoms with E-state index in [2.05, 4.69) is 54.6 Å². The van der Waals surface area contributed by atoms with E-state index in [-0.39, 0.29) is 0 Å². The molecule has 3 aromatic rings. The molecular weight excluding hydrogens is 311 g/mol. The molecule has 3 aromatic carbocycles. The number of rotatable bonds is 1. The van der Waals surface area contributed by atoms with Crippen molar-refractivity contribution in [1.82, 2.24) is 0 Å². The predicted octanol–water partition coefficient (Wildman–Crippen LogP) is 6.56. The van der Waals surface area contributed by atoms with E-state index >= 15 is 0 Å². The van der Waals surface area contributed by atoms with Gasteiger partial charge >= 0.3 is 0 Å². The second-order valence-electron chi connectivity index (χ2n) is 5.32. The molecular formula is C20H12Cl2. The highest BCUT2D eigenvalue weighted by atomic mass is 35.5. The normalized spacial score (nSPS) is 12.0. The average Bonchev–Trinajstić information content (AvgIpc) is 2.85. The molecule has 0 atom stereocenters. The lowest BCUT2D eigenvalue weighted by Crippen LogP contribution is -1.83. The summed E-state index contributed by atoms with van der Waals surface area (Å²) in [5, 5.41) is 1.32. The summed E-state index contributed by atoms with van der Waals surface area (Å²) in [5.74, 6) is 0. The van der Waals surface area contributed by atoms with Gasteiger partial charge in [-0.3, -0.25) is 0 Å². The van der Waals surface area contributed by atoms with Crippen LogP contribution in [0.5, 0.6) is 0 Å². The molecule has 0 N–H and O–H groups in total. The zero-order valence-corrected chi connectivity index (χ0v) is 13.2. The minimum atomic E-state index is 0.652. The Kier molecular flexibility index (Phi) is 3.29. The Hall–Kier alpha value is -2.02. The summed E-state index contributed by atoms with van der Waals surface area (Å²) in [4.78, 5) is 0. The highest BCUT2D eigenvalue weighted by molar-refractivity contribution is 6.35. The Bertz CT molecular complexity index is 860. The molecule has 0 unspecified atom stereocenters. The lowest BCUT2D eigenvalue weighted by molar-refractivity contribution is 1.63. The maximum atomic E-state index is 6.33. The van der Waals surface area contributed by atoms with Gasteiger partial charge in [0.2, 0.25) is 0 Å². The van der Waals surface area contributed by atoms with Crippen LogP contribution in [0.15, 0.2) is 66.7 Å². The van der Waals surface area contributed by atoms with E-state index in [1.807, 2.05) is 12.1 Å². The molecule has 0 aliphatic heterocycles. The van der Waals surface area contributed by atoms with Gasteiger partial charge in [-0.2, -0.15) is 0 Å². The summed E-state index contributed by atoms with van der Waals surface area (Å²) in [6.45, 7) is 0. The minimum Gasteiger partial charge on any atom is -0.0843 e. The summed E-state index contributed by atoms with van der Waals surface area (Å²) in [5.41, 5.74) is 7.22. The number of halogens is 2. The Morgan fingerprint density at radius 1 is 0.636 bits per heavy atom. The van der Waals surface area contributed by atoms with Crippen molar-refractivity contribution < 1.29 is 0 Å². The molecule has 0 aromatic heterocycles. The summed E-state index contributed by atoms with van der Waals surface area (Å²) in [6.07, 6.45) is 2.14. The van der Waals surface area contributed by atoms with Crippen LogP contribution in [0.1, 0.15) is 16.7 Å². The van der Waals surface area contributed by atoms with Crippen LogP contribution in [0.4, 0.5) is 0 Å². The molecule has 0 radical (unpaired) electrons. The molecule has 0 heterocycles. The van der Waals surface area contributed by atoms with Crippen LogP contribution in [0.2, 0.25) is 10.0 Å². The van der Waals surface area contributed by atoms with Gasteiger partial charge in [-0.1, -0.05) is 77.8 Å². The first-order valence-electron chi connectivity index (χ1n) is 7.10. The van der Waals surface area contributed by atoms with Crippen molar-refractivity contribution in [2.75, 3.05) is 0 Å². The molecule has 0 amide bonds. The average molecular weight is 323 g/mol. The van der Waals surface area contributed by atoms with Crippen molar-refractivity contribution in [1.29, 1.82) is 0 Å². The third-order valence-corrected chi connectivity index (χ3v) is 4.55. The lowest BCUT2D eigenvalue weighted by atomic mass is 10.0. The Balaban J connectivity index is 1.97. The molecule has 2 heteroatoms. The third-order valence-electron chi connectivity index (χ3n) is 3.99. The van der Waals surface area contributed by atoms with Crippen LogP contribution in [-0.2, 0) is 0 Å². The monoisotopic (exact) mass is 322 g/mol. The molecule has 22 heavy (non-hydrogen) atoms. The fourth-order valence-corrected chi connectivity index (χ4v) is 3.44. The third kappa shape index (κ3) is 2.16. The van der Waals surface area contributed by atoms with Gasteiger partial charge in [0.05, 0.1) is 0 Å². The SMILES string of the molecule is Clc1ccc(C=C2c3ccccc3-c3ccccc32)c(Cl)c1. The molecule has 1 aliphatic rings. The van der Waals surface area contributed by atoms with E-state index in [1.54, 1.807) is 6.07 Å². The van der Waals surface area contributed by atoms with Crippen molar-refractivity contribution in [3.05, 3.63) is 93.5 Å². The van der Waals surface area contributed by atoms with E-state index in [1.165, 1.54) is 27.8 Å². The maximum absolute atomic E-state index is 6.33. The second kappa shape index (κ2) is 5.31. The molecule has 0 saturated carbocycles. The van der Waals surface area contributed by atoms with Gasteiger partial charge in [-0.15, -0.1) is 0 Å². The molecule has 106 valence electrons. The standard InChI is InChI=1S/C20H12Cl2/c21-14-10-9-13(20(22)12-14)11-19-17-7-3-1-5-15(17)16-6-2-4-8-18(16)19/h1-12H. The molecule has 0 saturated heterocycles. The topological polar surface area (TPSA) is 0 Å². The molecule has 0 nitrogen and oxygen atoms in total. The van der Waals surface area contributed by atoms with Crippen LogP contribution in [-0.4, -0.2) is 0 Å². The van der Waals surface area contributed by atoms with E-state index < -0.39 is 0 Å². The highest BCUT2D eigenvalue weighted by Crippen LogP contribution is 2.45. The van der Waals surface area contributed by atoms with Gasteiger partial charge in [0.25, 0.3) is 0 Å². The van der Waals surface area contributed by atoms with Crippen molar-refractivity contribution in [3.63, 3.8) is 0 Å². The first kappa shape index (κ1) is 13.6. The quantitative estimate of drug-likeness (QED) is 0.372. The van der Waals surface area contributed by atoms with E-state index in [0.29, 0.717) is 10.0 Å². The molecule has 0 fully saturated rings. The number of fused-ring (bicyclic) bond motifs is 3. The van der Waals surface area contributed by atoms with Crippen molar-refractivity contribution in [2.24, 2.45) is 0 Å². The Morgan fingerprint density at radius 2 is 1.18 bits per heavy atom. The molecule has 4 rings (SSSR count). The van der Waals surface area contributed by atoms with Crippen LogP contribution >= 0.6 is 23.2 Å². The summed E-state index contributed by atoms with van der Waals surface area (Å²) >= 11 is 12.3. The summed E-state index contributed by atoms with van der Waals surface area (Å²) in [6, 6.07) is 22.6. The number of hydrogen-bond donors (Lipinski definition) is 0. The first-order chi connectivity index (χ1) is 10.7. The summed E-state index contributed by atoms with van der Waals surface area (Å²) in [7, 11) is 0. The predicted molar refractivity (Wildman–Crippen MR) is 95.3 cm³/mol. The van der Waals surface area contributed by atoms with Gasteiger partial charge in [-0.05, 0) is 51.6 Å². The van der Waals surface area contributed by atoms with Crippen molar-refractivity contribution in [3.8, 4) is 11.1 Å². The number of benzene rings is 3. The lowest BCUT2D eigenvalue weighted by Gasteiger charge is -2.05. The highest BCUT2D eigenvalue weighted by Gasteiger charge is 2.22. The zero-order valence-electron chi connectivity index (χ0n) is 11.7. The van der Waals surface area contributed by atoms with Crippen LogP contribution in [0, 0.1) is 0 Å². The number of hydrogen-bond acceptors (Lipinski definition) is 0. The maximum Gasteiger partial charge on any atom is 0.0493 e. The van der Waals surface area contributed by atoms with Gasteiger partial charge in [0.1, 0.15) is 0 Å². The van der Waals surface area contributed by atoms with E-state index in [0.717, 1.165) is 5.56 Å². The Labute approximate surface area is 139 Å². The van der Waals surface area contributed by atoms with E-state index in [4.69, 9.17) is 23.2 Å². The van der Waals surface area contributed by atoms with Gasteiger partial charge < -0.3 is 0 Å². The fraction of sp³-hybridized carbons (Fsp3) is 0. The van der Waals surface area contributed by atoms with Crippen LogP contribution in [0.3, 0.4) is 0 Å². The second-order valence-corrected chi connectivity index (χ2v) is 6.16. The zero-order chi connectivity index (χ0) is 15.1. The van der Waals surface area contributed by atoms with Crippen molar-refractivity contribution >= 4 is 34.9 Å². The molecule has 0 spiro atoms. The first-order valence-corrected chi connectivity index (χ1v) is 7.85. The van der Waals surface area contributed by atoms with Crippen LogP contribution in [0.25, 0.3) is 22.8 Å². The van der Waals surface area contributed by atoms with Gasteiger partial charge in [0.15, 0.2) is 0 Å². The van der Waals surface area contributed by atoms with Gasteiger partial charge in [0, 0.05) is 10.0 Å². The molecule has 1 aliphatic carbocycles. The summed E-state index contributed by atoms with van der Waals surface area (Å²) < 4.78 is 0. The van der Waals surface area contributed by atoms with Crippen LogP contribution < -0.4 is 0 Å². The van der Waals surface area contributed by atoms with Gasteiger partial charge in [-0.25, -0.2) is 0 Å². The fourth-order valence-electron chi connectivity index (χ4n) is 2.98.